The van der Waals surface area contributed by atoms with Crippen LogP contribution in [0.25, 0.3) is 5.76 Å². The molecular formula is C14H18BrCl2O4PS. The normalized spacial score (nSPS) is 13.3. The van der Waals surface area contributed by atoms with Crippen molar-refractivity contribution in [3.8, 4) is 5.75 Å². The lowest BCUT2D eigenvalue weighted by Gasteiger charge is -2.21. The summed E-state index contributed by atoms with van der Waals surface area (Å²) >= 11 is 16.4. The highest BCUT2D eigenvalue weighted by Gasteiger charge is 2.30. The molecular weight excluding hydrogens is 446 g/mol. The topological polar surface area (TPSA) is 44.8 Å². The molecule has 0 saturated heterocycles. The van der Waals surface area contributed by atoms with Crippen molar-refractivity contribution >= 4 is 63.1 Å². The average molecular weight is 464 g/mol. The summed E-state index contributed by atoms with van der Waals surface area (Å²) in [7, 11) is 1.51. The molecule has 9 heteroatoms. The molecule has 23 heavy (non-hydrogen) atoms. The van der Waals surface area contributed by atoms with Gasteiger partial charge in [-0.2, -0.15) is 0 Å². The van der Waals surface area contributed by atoms with E-state index in [1.165, 1.54) is 7.11 Å². The first kappa shape index (κ1) is 21.2. The van der Waals surface area contributed by atoms with Gasteiger partial charge in [-0.1, -0.05) is 46.1 Å². The van der Waals surface area contributed by atoms with E-state index in [4.69, 9.17) is 37.0 Å². The quantitative estimate of drug-likeness (QED) is 0.295. The van der Waals surface area contributed by atoms with Crippen molar-refractivity contribution in [3.05, 3.63) is 32.7 Å². The third kappa shape index (κ3) is 6.52. The number of ether oxygens (including phenoxy) is 1. The van der Waals surface area contributed by atoms with Crippen molar-refractivity contribution in [1.82, 2.24) is 0 Å². The summed E-state index contributed by atoms with van der Waals surface area (Å²) in [5.41, 5.74) is 0.485. The van der Waals surface area contributed by atoms with Crippen molar-refractivity contribution in [3.63, 3.8) is 0 Å². The lowest BCUT2D eigenvalue weighted by atomic mass is 10.2. The standard InChI is InChI=1S/C14H18BrCl2O4PS/c1-4-8-23-22(18,20-5-2)21-13(14(16)17)11-9-10(15)6-7-12(11)19-3/h6-7,9H,4-5,8H2,1-3H3. The van der Waals surface area contributed by atoms with Crippen LogP contribution in [0.5, 0.6) is 5.75 Å². The molecule has 0 aliphatic heterocycles. The Morgan fingerprint density at radius 3 is 2.57 bits per heavy atom. The largest absolute Gasteiger partial charge is 0.496 e. The molecule has 0 aliphatic rings. The van der Waals surface area contributed by atoms with Crippen molar-refractivity contribution in [1.29, 1.82) is 0 Å². The first-order valence-electron chi connectivity index (χ1n) is 6.84. The third-order valence-electron chi connectivity index (χ3n) is 2.52. The molecule has 0 spiro atoms. The van der Waals surface area contributed by atoms with Crippen LogP contribution in [0.4, 0.5) is 0 Å². The van der Waals surface area contributed by atoms with Gasteiger partial charge in [-0.25, -0.2) is 4.57 Å². The van der Waals surface area contributed by atoms with E-state index in [9.17, 15) is 4.57 Å². The van der Waals surface area contributed by atoms with E-state index >= 15 is 0 Å². The Balaban J connectivity index is 3.25. The Morgan fingerprint density at radius 1 is 1.35 bits per heavy atom. The Morgan fingerprint density at radius 2 is 2.04 bits per heavy atom. The molecule has 0 radical (unpaired) electrons. The van der Waals surface area contributed by atoms with Crippen LogP contribution in [-0.2, 0) is 13.6 Å². The van der Waals surface area contributed by atoms with Crippen LogP contribution in [0.1, 0.15) is 25.8 Å². The van der Waals surface area contributed by atoms with Crippen LogP contribution in [0.3, 0.4) is 0 Å². The first-order valence-corrected chi connectivity index (χ1v) is 11.5. The fourth-order valence-electron chi connectivity index (χ4n) is 1.61. The van der Waals surface area contributed by atoms with Crippen LogP contribution in [-0.4, -0.2) is 19.5 Å². The second-order valence-electron chi connectivity index (χ2n) is 4.22. The Hall–Kier alpha value is 0.160. The van der Waals surface area contributed by atoms with Gasteiger partial charge in [0, 0.05) is 10.2 Å². The molecule has 1 aromatic carbocycles. The van der Waals surface area contributed by atoms with E-state index in [1.807, 2.05) is 6.92 Å². The predicted octanol–water partition coefficient (Wildman–Crippen LogP) is 6.87. The summed E-state index contributed by atoms with van der Waals surface area (Å²) in [6.45, 7) is 0.531. The van der Waals surface area contributed by atoms with E-state index < -0.39 is 6.80 Å². The SMILES string of the molecule is CCCSP(=O)(OCC)OC(=C(Cl)Cl)c1cc(Br)ccc1OC. The van der Waals surface area contributed by atoms with Gasteiger partial charge in [-0.15, -0.1) is 0 Å². The van der Waals surface area contributed by atoms with Crippen LogP contribution in [0.2, 0.25) is 0 Å². The summed E-state index contributed by atoms with van der Waals surface area (Å²) in [5, 5.41) is 0. The summed E-state index contributed by atoms with van der Waals surface area (Å²) in [6.07, 6.45) is 0.832. The summed E-state index contributed by atoms with van der Waals surface area (Å²) in [6, 6.07) is 5.25. The van der Waals surface area contributed by atoms with Crippen LogP contribution in [0, 0.1) is 0 Å². The molecule has 0 heterocycles. The van der Waals surface area contributed by atoms with E-state index in [0.29, 0.717) is 17.1 Å². The number of hydrogen-bond donors (Lipinski definition) is 0. The minimum Gasteiger partial charge on any atom is -0.496 e. The number of benzene rings is 1. The molecule has 0 bridgehead atoms. The Kier molecular flexibility index (Phi) is 9.42. The molecule has 1 atom stereocenters. The minimum atomic E-state index is -3.44. The van der Waals surface area contributed by atoms with E-state index in [1.54, 1.807) is 25.1 Å². The van der Waals surface area contributed by atoms with Gasteiger partial charge < -0.3 is 9.26 Å². The number of halogens is 3. The van der Waals surface area contributed by atoms with Gasteiger partial charge in [0.25, 0.3) is 0 Å². The molecule has 4 nitrogen and oxygen atoms in total. The first-order chi connectivity index (χ1) is 10.9. The van der Waals surface area contributed by atoms with E-state index in [0.717, 1.165) is 22.3 Å². The smallest absolute Gasteiger partial charge is 0.440 e. The molecule has 0 saturated carbocycles. The van der Waals surface area contributed by atoms with Crippen molar-refractivity contribution in [2.75, 3.05) is 19.5 Å². The maximum atomic E-state index is 12.9. The number of rotatable bonds is 9. The highest BCUT2D eigenvalue weighted by molar-refractivity contribution is 9.10. The second-order valence-corrected chi connectivity index (χ2v) is 10.2. The molecule has 130 valence electrons. The zero-order valence-corrected chi connectivity index (χ0v) is 17.8. The van der Waals surface area contributed by atoms with Crippen molar-refractivity contribution < 1.29 is 18.3 Å². The number of methoxy groups -OCH3 is 1. The van der Waals surface area contributed by atoms with Gasteiger partial charge in [0.2, 0.25) is 0 Å². The van der Waals surface area contributed by atoms with Crippen LogP contribution < -0.4 is 4.74 Å². The maximum absolute atomic E-state index is 12.9. The molecule has 0 N–H and O–H groups in total. The highest BCUT2D eigenvalue weighted by atomic mass is 79.9. The summed E-state index contributed by atoms with van der Waals surface area (Å²) < 4.78 is 29.7. The van der Waals surface area contributed by atoms with Crippen molar-refractivity contribution in [2.24, 2.45) is 0 Å². The second kappa shape index (κ2) is 10.2. The third-order valence-corrected chi connectivity index (χ3v) is 7.28. The molecule has 0 aromatic heterocycles. The molecule has 0 fully saturated rings. The van der Waals surface area contributed by atoms with Gasteiger partial charge in [-0.05, 0) is 42.9 Å². The van der Waals surface area contributed by atoms with E-state index in [-0.39, 0.29) is 16.9 Å². The summed E-state index contributed by atoms with van der Waals surface area (Å²) in [4.78, 5) is 0. The molecule has 0 amide bonds. The van der Waals surface area contributed by atoms with Crippen LogP contribution in [0.15, 0.2) is 27.2 Å². The Bertz CT molecular complexity index is 608. The van der Waals surface area contributed by atoms with Gasteiger partial charge in [0.15, 0.2) is 5.76 Å². The minimum absolute atomic E-state index is 0.0619. The van der Waals surface area contributed by atoms with Gasteiger partial charge >= 0.3 is 6.80 Å². The lowest BCUT2D eigenvalue weighted by Crippen LogP contribution is -1.98. The average Bonchev–Trinajstić information content (AvgIpc) is 2.51. The zero-order valence-electron chi connectivity index (χ0n) is 13.0. The lowest BCUT2D eigenvalue weighted by molar-refractivity contribution is 0.286. The maximum Gasteiger partial charge on any atom is 0.440 e. The van der Waals surface area contributed by atoms with E-state index in [2.05, 4.69) is 15.9 Å². The molecule has 1 aromatic rings. The zero-order chi connectivity index (χ0) is 17.5. The number of hydrogen-bond acceptors (Lipinski definition) is 5. The van der Waals surface area contributed by atoms with Gasteiger partial charge in [-0.3, -0.25) is 4.52 Å². The van der Waals surface area contributed by atoms with Crippen LogP contribution >= 0.6 is 57.3 Å². The van der Waals surface area contributed by atoms with Gasteiger partial charge in [0.1, 0.15) is 10.2 Å². The van der Waals surface area contributed by atoms with Crippen molar-refractivity contribution in [2.45, 2.75) is 20.3 Å². The molecule has 1 unspecified atom stereocenters. The highest BCUT2D eigenvalue weighted by Crippen LogP contribution is 2.63. The monoisotopic (exact) mass is 462 g/mol. The fraction of sp³-hybridized carbons (Fsp3) is 0.429. The predicted molar refractivity (Wildman–Crippen MR) is 102 cm³/mol. The Labute approximate surface area is 159 Å². The fourth-order valence-corrected chi connectivity index (χ4v) is 5.81. The summed E-state index contributed by atoms with van der Waals surface area (Å²) in [5.74, 6) is 1.18. The van der Waals surface area contributed by atoms with Gasteiger partial charge in [0.05, 0.1) is 19.3 Å². The molecule has 0 aliphatic carbocycles. The molecule has 1 rings (SSSR count).